The normalized spacial score (nSPS) is 34.8. The number of aliphatic carboxylic acids is 1. The van der Waals surface area contributed by atoms with Gasteiger partial charge in [0.2, 0.25) is 0 Å². The zero-order chi connectivity index (χ0) is 16.7. The van der Waals surface area contributed by atoms with E-state index in [0.29, 0.717) is 17.8 Å². The first-order valence-electron chi connectivity index (χ1n) is 9.02. The molecule has 4 aliphatic carbocycles. The van der Waals surface area contributed by atoms with E-state index in [2.05, 4.69) is 0 Å². The van der Waals surface area contributed by atoms with Crippen LogP contribution >= 0.6 is 0 Å². The van der Waals surface area contributed by atoms with Crippen LogP contribution in [0.3, 0.4) is 0 Å². The SMILES string of the molecule is O=C(O)CC(OC(=O)C12CC3CC(CC(C3)C1)C2)c1ccccc1. The molecule has 1 aromatic carbocycles. The second-order valence-electron chi connectivity index (χ2n) is 8.10. The van der Waals surface area contributed by atoms with Gasteiger partial charge in [-0.25, -0.2) is 0 Å². The minimum Gasteiger partial charge on any atom is -0.481 e. The van der Waals surface area contributed by atoms with E-state index in [4.69, 9.17) is 4.74 Å². The first-order chi connectivity index (χ1) is 11.5. The average Bonchev–Trinajstić information content (AvgIpc) is 2.53. The summed E-state index contributed by atoms with van der Waals surface area (Å²) >= 11 is 0. The van der Waals surface area contributed by atoms with Crippen LogP contribution in [-0.2, 0) is 14.3 Å². The minimum atomic E-state index is -0.942. The monoisotopic (exact) mass is 328 g/mol. The van der Waals surface area contributed by atoms with Crippen LogP contribution in [-0.4, -0.2) is 17.0 Å². The van der Waals surface area contributed by atoms with Crippen LogP contribution in [0.25, 0.3) is 0 Å². The molecule has 4 aliphatic rings. The Morgan fingerprint density at radius 1 is 1.04 bits per heavy atom. The highest BCUT2D eigenvalue weighted by Crippen LogP contribution is 2.60. The van der Waals surface area contributed by atoms with Crippen molar-refractivity contribution >= 4 is 11.9 Å². The number of carbonyl (C=O) groups excluding carboxylic acids is 1. The van der Waals surface area contributed by atoms with Crippen molar-refractivity contribution in [2.75, 3.05) is 0 Å². The van der Waals surface area contributed by atoms with E-state index in [9.17, 15) is 14.7 Å². The van der Waals surface area contributed by atoms with Crippen LogP contribution in [0.1, 0.15) is 56.6 Å². The summed E-state index contributed by atoms with van der Waals surface area (Å²) < 4.78 is 5.81. The molecule has 4 fully saturated rings. The third-order valence-electron chi connectivity index (χ3n) is 6.25. The maximum Gasteiger partial charge on any atom is 0.312 e. The number of ether oxygens (including phenoxy) is 1. The Labute approximate surface area is 142 Å². The fourth-order valence-electron chi connectivity index (χ4n) is 5.67. The standard InChI is InChI=1S/C20H24O4/c21-18(22)9-17(16-4-2-1-3-5-16)24-19(23)20-10-13-6-14(11-20)8-15(7-13)12-20/h1-5,13-15,17H,6-12H2,(H,21,22). The number of carboxylic acid groups (broad SMARTS) is 1. The molecule has 4 bridgehead atoms. The number of benzene rings is 1. The van der Waals surface area contributed by atoms with Gasteiger partial charge in [-0.1, -0.05) is 30.3 Å². The van der Waals surface area contributed by atoms with E-state index in [0.717, 1.165) is 24.8 Å². The molecule has 0 saturated heterocycles. The molecule has 1 unspecified atom stereocenters. The first-order valence-corrected chi connectivity index (χ1v) is 9.02. The van der Waals surface area contributed by atoms with Crippen LogP contribution < -0.4 is 0 Å². The van der Waals surface area contributed by atoms with Gasteiger partial charge in [-0.2, -0.15) is 0 Å². The summed E-state index contributed by atoms with van der Waals surface area (Å²) in [7, 11) is 0. The van der Waals surface area contributed by atoms with Gasteiger partial charge in [-0.05, 0) is 61.8 Å². The van der Waals surface area contributed by atoms with Crippen LogP contribution in [0.5, 0.6) is 0 Å². The molecular weight excluding hydrogens is 304 g/mol. The lowest BCUT2D eigenvalue weighted by atomic mass is 9.49. The summed E-state index contributed by atoms with van der Waals surface area (Å²) in [5, 5.41) is 9.20. The van der Waals surface area contributed by atoms with Crippen LogP contribution in [0.4, 0.5) is 0 Å². The van der Waals surface area contributed by atoms with Gasteiger partial charge in [0.1, 0.15) is 6.10 Å². The third-order valence-corrected chi connectivity index (χ3v) is 6.25. The van der Waals surface area contributed by atoms with Crippen molar-refractivity contribution in [3.8, 4) is 0 Å². The van der Waals surface area contributed by atoms with Crippen molar-refractivity contribution in [2.45, 2.75) is 51.0 Å². The maximum atomic E-state index is 13.0. The molecule has 0 aliphatic heterocycles. The van der Waals surface area contributed by atoms with Gasteiger partial charge in [-0.15, -0.1) is 0 Å². The largest absolute Gasteiger partial charge is 0.481 e. The highest BCUT2D eigenvalue weighted by molar-refractivity contribution is 5.78. The van der Waals surface area contributed by atoms with E-state index in [1.807, 2.05) is 30.3 Å². The Hall–Kier alpha value is -1.84. The Balaban J connectivity index is 1.54. The van der Waals surface area contributed by atoms with Gasteiger partial charge in [0, 0.05) is 0 Å². The molecule has 0 spiro atoms. The minimum absolute atomic E-state index is 0.156. The molecule has 1 aromatic rings. The molecule has 5 rings (SSSR count). The first kappa shape index (κ1) is 15.7. The van der Waals surface area contributed by atoms with Crippen molar-refractivity contribution in [1.82, 2.24) is 0 Å². The average molecular weight is 328 g/mol. The molecule has 24 heavy (non-hydrogen) atoms. The van der Waals surface area contributed by atoms with Crippen LogP contribution in [0, 0.1) is 23.2 Å². The van der Waals surface area contributed by atoms with Gasteiger partial charge in [-0.3, -0.25) is 9.59 Å². The van der Waals surface area contributed by atoms with Gasteiger partial charge >= 0.3 is 11.9 Å². The van der Waals surface area contributed by atoms with Crippen molar-refractivity contribution in [3.05, 3.63) is 35.9 Å². The molecule has 128 valence electrons. The van der Waals surface area contributed by atoms with Gasteiger partial charge < -0.3 is 9.84 Å². The Morgan fingerprint density at radius 3 is 2.08 bits per heavy atom. The lowest BCUT2D eigenvalue weighted by Gasteiger charge is -2.55. The quantitative estimate of drug-likeness (QED) is 0.831. The number of hydrogen-bond donors (Lipinski definition) is 1. The number of hydrogen-bond acceptors (Lipinski definition) is 3. The summed E-state index contributed by atoms with van der Waals surface area (Å²) in [6.07, 6.45) is 5.74. The molecule has 1 atom stereocenters. The zero-order valence-electron chi connectivity index (χ0n) is 13.8. The molecule has 4 heteroatoms. The van der Waals surface area contributed by atoms with Gasteiger partial charge in [0.15, 0.2) is 0 Å². The summed E-state index contributed by atoms with van der Waals surface area (Å²) in [5.74, 6) is 0.897. The molecule has 0 heterocycles. The van der Waals surface area contributed by atoms with E-state index < -0.39 is 12.1 Å². The summed E-state index contributed by atoms with van der Waals surface area (Å²) in [5.41, 5.74) is 0.415. The molecule has 0 aromatic heterocycles. The lowest BCUT2D eigenvalue weighted by Crippen LogP contribution is -2.50. The van der Waals surface area contributed by atoms with Crippen LogP contribution in [0.15, 0.2) is 30.3 Å². The summed E-state index contributed by atoms with van der Waals surface area (Å²) in [4.78, 5) is 24.3. The fourth-order valence-corrected chi connectivity index (χ4v) is 5.67. The third kappa shape index (κ3) is 2.83. The lowest BCUT2D eigenvalue weighted by molar-refractivity contribution is -0.178. The molecule has 1 N–H and O–H groups in total. The Kier molecular flexibility index (Phi) is 3.86. The maximum absolute atomic E-state index is 13.0. The Bertz CT molecular complexity index is 601. The number of carboxylic acids is 1. The topological polar surface area (TPSA) is 63.6 Å². The number of rotatable bonds is 5. The molecule has 4 nitrogen and oxygen atoms in total. The van der Waals surface area contributed by atoms with Crippen molar-refractivity contribution in [3.63, 3.8) is 0 Å². The van der Waals surface area contributed by atoms with E-state index in [1.54, 1.807) is 0 Å². The second kappa shape index (κ2) is 5.91. The summed E-state index contributed by atoms with van der Waals surface area (Å²) in [6.45, 7) is 0. The van der Waals surface area contributed by atoms with Gasteiger partial charge in [0.25, 0.3) is 0 Å². The molecule has 0 radical (unpaired) electrons. The predicted octanol–water partition coefficient (Wildman–Crippen LogP) is 3.96. The Morgan fingerprint density at radius 2 is 1.58 bits per heavy atom. The van der Waals surface area contributed by atoms with Crippen molar-refractivity contribution in [1.29, 1.82) is 0 Å². The number of esters is 1. The van der Waals surface area contributed by atoms with E-state index in [1.165, 1.54) is 19.3 Å². The predicted molar refractivity (Wildman–Crippen MR) is 88.1 cm³/mol. The second-order valence-corrected chi connectivity index (χ2v) is 8.10. The molecule has 0 amide bonds. The van der Waals surface area contributed by atoms with Crippen LogP contribution in [0.2, 0.25) is 0 Å². The van der Waals surface area contributed by atoms with Crippen molar-refractivity contribution in [2.24, 2.45) is 23.2 Å². The zero-order valence-corrected chi connectivity index (χ0v) is 13.8. The fraction of sp³-hybridized carbons (Fsp3) is 0.600. The van der Waals surface area contributed by atoms with Crippen molar-refractivity contribution < 1.29 is 19.4 Å². The smallest absolute Gasteiger partial charge is 0.312 e. The van der Waals surface area contributed by atoms with Gasteiger partial charge in [0.05, 0.1) is 11.8 Å². The number of carbonyl (C=O) groups is 2. The highest BCUT2D eigenvalue weighted by Gasteiger charge is 2.55. The van der Waals surface area contributed by atoms with E-state index >= 15 is 0 Å². The van der Waals surface area contributed by atoms with E-state index in [-0.39, 0.29) is 17.8 Å². The molecular formula is C20H24O4. The molecule has 4 saturated carbocycles. The highest BCUT2D eigenvalue weighted by atomic mass is 16.5. The summed E-state index contributed by atoms with van der Waals surface area (Å²) in [6, 6.07) is 9.24.